The van der Waals surface area contributed by atoms with Gasteiger partial charge in [0, 0.05) is 0 Å². The fraction of sp³-hybridized carbons (Fsp3) is 0.0833. The Bertz CT molecular complexity index is 1300. The smallest absolute Gasteiger partial charge is 0.343 e. The number of hydrogen-bond donors (Lipinski definition) is 2. The normalized spacial score (nSPS) is 10.6. The van der Waals surface area contributed by atoms with E-state index in [9.17, 15) is 14.4 Å². The maximum Gasteiger partial charge on any atom is 0.343 e. The van der Waals surface area contributed by atoms with Crippen LogP contribution in [0.2, 0.25) is 15.1 Å². The standard InChI is InChI=1S/C24H18Cl3N3O5/c1-34-21-10-14(6-9-20(21)35-24(33)15-7-8-18(26)19(27)11-15)12-29-30-22(31)13-28-23(32)16-4-2-3-5-17(16)25/h2-12H,13H2,1H3,(H,28,32)(H,30,31). The van der Waals surface area contributed by atoms with Gasteiger partial charge in [0.05, 0.1) is 46.1 Å². The number of halogens is 3. The highest BCUT2D eigenvalue weighted by Crippen LogP contribution is 2.29. The van der Waals surface area contributed by atoms with Crippen molar-refractivity contribution in [2.45, 2.75) is 0 Å². The van der Waals surface area contributed by atoms with Crippen molar-refractivity contribution in [1.82, 2.24) is 10.7 Å². The number of rotatable bonds is 8. The Labute approximate surface area is 215 Å². The van der Waals surface area contributed by atoms with E-state index in [-0.39, 0.29) is 39.2 Å². The molecule has 0 aliphatic heterocycles. The van der Waals surface area contributed by atoms with Gasteiger partial charge in [0.25, 0.3) is 11.8 Å². The highest BCUT2D eigenvalue weighted by molar-refractivity contribution is 6.42. The number of carbonyl (C=O) groups excluding carboxylic acids is 3. The Kier molecular flexibility index (Phi) is 9.08. The second kappa shape index (κ2) is 12.2. The van der Waals surface area contributed by atoms with E-state index < -0.39 is 17.8 Å². The summed E-state index contributed by atoms with van der Waals surface area (Å²) in [5.41, 5.74) is 3.33. The molecule has 2 amide bonds. The minimum Gasteiger partial charge on any atom is -0.493 e. The highest BCUT2D eigenvalue weighted by atomic mass is 35.5. The lowest BCUT2D eigenvalue weighted by atomic mass is 10.2. The maximum absolute atomic E-state index is 12.4. The van der Waals surface area contributed by atoms with E-state index in [1.807, 2.05) is 0 Å². The molecule has 0 unspecified atom stereocenters. The summed E-state index contributed by atoms with van der Waals surface area (Å²) in [5, 5.41) is 7.13. The van der Waals surface area contributed by atoms with E-state index in [1.54, 1.807) is 36.4 Å². The number of carbonyl (C=O) groups is 3. The molecule has 0 saturated carbocycles. The van der Waals surface area contributed by atoms with Gasteiger partial charge in [-0.2, -0.15) is 5.10 Å². The molecule has 0 aromatic heterocycles. The molecule has 2 N–H and O–H groups in total. The summed E-state index contributed by atoms with van der Waals surface area (Å²) in [6.07, 6.45) is 1.36. The molecular formula is C24H18Cl3N3O5. The molecule has 35 heavy (non-hydrogen) atoms. The average Bonchev–Trinajstić information content (AvgIpc) is 2.85. The van der Waals surface area contributed by atoms with E-state index in [1.165, 1.54) is 37.6 Å². The molecule has 180 valence electrons. The van der Waals surface area contributed by atoms with Gasteiger partial charge < -0.3 is 14.8 Å². The molecule has 8 nitrogen and oxygen atoms in total. The van der Waals surface area contributed by atoms with Crippen molar-refractivity contribution >= 4 is 58.8 Å². The molecule has 0 atom stereocenters. The number of hydrogen-bond acceptors (Lipinski definition) is 6. The van der Waals surface area contributed by atoms with Crippen LogP contribution < -0.4 is 20.2 Å². The van der Waals surface area contributed by atoms with Crippen molar-refractivity contribution < 1.29 is 23.9 Å². The Hall–Kier alpha value is -3.59. The summed E-state index contributed by atoms with van der Waals surface area (Å²) in [5.74, 6) is -1.23. The second-order valence-corrected chi connectivity index (χ2v) is 8.11. The number of nitrogens with zero attached hydrogens (tertiary/aromatic N) is 1. The van der Waals surface area contributed by atoms with E-state index in [0.717, 1.165) is 0 Å². The number of benzene rings is 3. The number of amides is 2. The lowest BCUT2D eigenvalue weighted by Crippen LogP contribution is -2.35. The minimum atomic E-state index is -0.644. The predicted molar refractivity (Wildman–Crippen MR) is 134 cm³/mol. The van der Waals surface area contributed by atoms with Crippen LogP contribution >= 0.6 is 34.8 Å². The topological polar surface area (TPSA) is 106 Å². The third-order valence-corrected chi connectivity index (χ3v) is 5.55. The van der Waals surface area contributed by atoms with Crippen LogP contribution in [0.3, 0.4) is 0 Å². The second-order valence-electron chi connectivity index (χ2n) is 6.88. The van der Waals surface area contributed by atoms with Gasteiger partial charge in [0.2, 0.25) is 0 Å². The van der Waals surface area contributed by atoms with E-state index in [0.29, 0.717) is 10.6 Å². The average molecular weight is 535 g/mol. The van der Waals surface area contributed by atoms with Gasteiger partial charge in [-0.05, 0) is 54.1 Å². The van der Waals surface area contributed by atoms with Gasteiger partial charge >= 0.3 is 5.97 Å². The lowest BCUT2D eigenvalue weighted by molar-refractivity contribution is -0.120. The van der Waals surface area contributed by atoms with Crippen LogP contribution in [-0.4, -0.2) is 37.7 Å². The van der Waals surface area contributed by atoms with Crippen LogP contribution in [0, 0.1) is 0 Å². The van der Waals surface area contributed by atoms with Gasteiger partial charge in [0.1, 0.15) is 0 Å². The molecule has 3 aromatic rings. The fourth-order valence-electron chi connectivity index (χ4n) is 2.75. The molecule has 0 aliphatic rings. The van der Waals surface area contributed by atoms with Crippen molar-refractivity contribution in [3.05, 3.63) is 92.4 Å². The fourth-order valence-corrected chi connectivity index (χ4v) is 3.27. The molecule has 0 saturated heterocycles. The third kappa shape index (κ3) is 7.19. The third-order valence-electron chi connectivity index (χ3n) is 4.48. The Morgan fingerprint density at radius 1 is 0.914 bits per heavy atom. The molecule has 0 aliphatic carbocycles. The molecular weight excluding hydrogens is 517 g/mol. The minimum absolute atomic E-state index is 0.173. The molecule has 0 bridgehead atoms. The molecule has 0 radical (unpaired) electrons. The van der Waals surface area contributed by atoms with Crippen LogP contribution in [0.15, 0.2) is 65.8 Å². The van der Waals surface area contributed by atoms with Crippen LogP contribution in [0.1, 0.15) is 26.3 Å². The number of esters is 1. The maximum atomic E-state index is 12.4. The first-order valence-electron chi connectivity index (χ1n) is 9.98. The quantitative estimate of drug-likeness (QED) is 0.188. The summed E-state index contributed by atoms with van der Waals surface area (Å²) >= 11 is 17.8. The zero-order valence-electron chi connectivity index (χ0n) is 18.2. The van der Waals surface area contributed by atoms with Crippen LogP contribution in [-0.2, 0) is 4.79 Å². The Morgan fingerprint density at radius 3 is 2.40 bits per heavy atom. The number of ether oxygens (including phenoxy) is 2. The van der Waals surface area contributed by atoms with Gasteiger partial charge in [-0.1, -0.05) is 46.9 Å². The van der Waals surface area contributed by atoms with Crippen molar-refractivity contribution in [3.8, 4) is 11.5 Å². The first kappa shape index (κ1) is 26.0. The molecule has 0 spiro atoms. The zero-order chi connectivity index (χ0) is 25.4. The van der Waals surface area contributed by atoms with Crippen molar-refractivity contribution in [1.29, 1.82) is 0 Å². The number of nitrogens with one attached hydrogen (secondary N) is 2. The lowest BCUT2D eigenvalue weighted by Gasteiger charge is -2.10. The molecule has 0 fully saturated rings. The summed E-state index contributed by atoms with van der Waals surface area (Å²) in [6, 6.07) is 15.6. The van der Waals surface area contributed by atoms with Gasteiger partial charge in [-0.3, -0.25) is 9.59 Å². The summed E-state index contributed by atoms with van der Waals surface area (Å²) in [4.78, 5) is 36.5. The summed E-state index contributed by atoms with van der Waals surface area (Å²) < 4.78 is 10.7. The summed E-state index contributed by atoms with van der Waals surface area (Å²) in [7, 11) is 1.41. The largest absolute Gasteiger partial charge is 0.493 e. The molecule has 11 heteroatoms. The highest BCUT2D eigenvalue weighted by Gasteiger charge is 2.14. The predicted octanol–water partition coefficient (Wildman–Crippen LogP) is 4.75. The van der Waals surface area contributed by atoms with Crippen molar-refractivity contribution in [2.75, 3.05) is 13.7 Å². The van der Waals surface area contributed by atoms with E-state index >= 15 is 0 Å². The molecule has 0 heterocycles. The van der Waals surface area contributed by atoms with Crippen LogP contribution in [0.25, 0.3) is 0 Å². The van der Waals surface area contributed by atoms with Crippen molar-refractivity contribution in [3.63, 3.8) is 0 Å². The van der Waals surface area contributed by atoms with E-state index in [2.05, 4.69) is 15.8 Å². The van der Waals surface area contributed by atoms with Gasteiger partial charge in [-0.15, -0.1) is 0 Å². The monoisotopic (exact) mass is 533 g/mol. The Balaban J connectivity index is 1.56. The summed E-state index contributed by atoms with van der Waals surface area (Å²) in [6.45, 7) is -0.297. The zero-order valence-corrected chi connectivity index (χ0v) is 20.4. The SMILES string of the molecule is COc1cc(C=NNC(=O)CNC(=O)c2ccccc2Cl)ccc1OC(=O)c1ccc(Cl)c(Cl)c1. The molecule has 3 aromatic carbocycles. The molecule has 3 rings (SSSR count). The van der Waals surface area contributed by atoms with Crippen molar-refractivity contribution in [2.24, 2.45) is 5.10 Å². The Morgan fingerprint density at radius 2 is 1.69 bits per heavy atom. The van der Waals surface area contributed by atoms with Gasteiger partial charge in [0.15, 0.2) is 11.5 Å². The van der Waals surface area contributed by atoms with Crippen LogP contribution in [0.5, 0.6) is 11.5 Å². The van der Waals surface area contributed by atoms with Crippen LogP contribution in [0.4, 0.5) is 0 Å². The van der Waals surface area contributed by atoms with Gasteiger partial charge in [-0.25, -0.2) is 10.2 Å². The first-order valence-corrected chi connectivity index (χ1v) is 11.1. The number of methoxy groups -OCH3 is 1. The number of hydrazone groups is 1. The van der Waals surface area contributed by atoms with E-state index in [4.69, 9.17) is 44.3 Å². The first-order chi connectivity index (χ1) is 16.8.